The largest absolute Gasteiger partial charge is 0.480 e. The fourth-order valence-electron chi connectivity index (χ4n) is 2.13. The van der Waals surface area contributed by atoms with Gasteiger partial charge in [-0.05, 0) is 19.3 Å². The monoisotopic (exact) mass is 250 g/mol. The third kappa shape index (κ3) is 3.09. The summed E-state index contributed by atoms with van der Waals surface area (Å²) in [7, 11) is 1.72. The Bertz CT molecular complexity index is 418. The second-order valence-corrected chi connectivity index (χ2v) is 4.53. The van der Waals surface area contributed by atoms with Crippen LogP contribution in [0.4, 0.5) is 11.6 Å². The molecule has 1 aliphatic rings. The molecule has 0 unspecified atom stereocenters. The van der Waals surface area contributed by atoms with Gasteiger partial charge in [0.25, 0.3) is 0 Å². The lowest BCUT2D eigenvalue weighted by Gasteiger charge is -2.28. The van der Waals surface area contributed by atoms with Crippen molar-refractivity contribution in [1.29, 1.82) is 0 Å². The first-order valence-electron chi connectivity index (χ1n) is 6.17. The van der Waals surface area contributed by atoms with Crippen molar-refractivity contribution < 1.29 is 9.90 Å². The molecule has 1 N–H and O–H groups in total. The van der Waals surface area contributed by atoms with Crippen LogP contribution < -0.4 is 9.80 Å². The zero-order valence-electron chi connectivity index (χ0n) is 10.5. The van der Waals surface area contributed by atoms with Crippen LogP contribution in [0.1, 0.15) is 19.3 Å². The lowest BCUT2D eigenvalue weighted by molar-refractivity contribution is -0.135. The van der Waals surface area contributed by atoms with Gasteiger partial charge < -0.3 is 14.9 Å². The van der Waals surface area contributed by atoms with Gasteiger partial charge in [-0.1, -0.05) is 0 Å². The summed E-state index contributed by atoms with van der Waals surface area (Å²) in [6.07, 6.45) is 5.14. The quantitative estimate of drug-likeness (QED) is 0.859. The van der Waals surface area contributed by atoms with Crippen molar-refractivity contribution in [2.75, 3.05) is 36.5 Å². The molecule has 0 radical (unpaired) electrons. The Morgan fingerprint density at radius 3 is 2.78 bits per heavy atom. The highest BCUT2D eigenvalue weighted by Gasteiger charge is 2.14. The lowest BCUT2D eigenvalue weighted by Crippen LogP contribution is -2.31. The maximum Gasteiger partial charge on any atom is 0.323 e. The van der Waals surface area contributed by atoms with Gasteiger partial charge in [0.05, 0.1) is 0 Å². The van der Waals surface area contributed by atoms with E-state index < -0.39 is 5.97 Å². The molecule has 0 bridgehead atoms. The Morgan fingerprint density at radius 2 is 2.11 bits per heavy atom. The average Bonchev–Trinajstić information content (AvgIpc) is 2.39. The number of carboxylic acids is 1. The molecular weight excluding hydrogens is 232 g/mol. The number of aromatic nitrogens is 2. The Kier molecular flexibility index (Phi) is 3.96. The number of hydrogen-bond acceptors (Lipinski definition) is 5. The summed E-state index contributed by atoms with van der Waals surface area (Å²) in [6, 6.07) is 1.86. The highest BCUT2D eigenvalue weighted by molar-refractivity contribution is 5.73. The molecule has 0 spiro atoms. The molecule has 6 heteroatoms. The average molecular weight is 250 g/mol. The van der Waals surface area contributed by atoms with Gasteiger partial charge in [-0.2, -0.15) is 0 Å². The second kappa shape index (κ2) is 5.66. The summed E-state index contributed by atoms with van der Waals surface area (Å²) >= 11 is 0. The Hall–Kier alpha value is -1.85. The van der Waals surface area contributed by atoms with Crippen molar-refractivity contribution >= 4 is 17.6 Å². The van der Waals surface area contributed by atoms with Crippen LogP contribution in [-0.4, -0.2) is 47.7 Å². The zero-order chi connectivity index (χ0) is 13.0. The van der Waals surface area contributed by atoms with E-state index in [0.717, 1.165) is 18.9 Å². The van der Waals surface area contributed by atoms with Crippen LogP contribution in [0.3, 0.4) is 0 Å². The van der Waals surface area contributed by atoms with Crippen molar-refractivity contribution in [3.05, 3.63) is 12.4 Å². The molecule has 98 valence electrons. The summed E-state index contributed by atoms with van der Waals surface area (Å²) in [6.45, 7) is 1.97. The van der Waals surface area contributed by atoms with E-state index in [2.05, 4.69) is 14.9 Å². The molecule has 0 saturated carbocycles. The summed E-state index contributed by atoms with van der Waals surface area (Å²) in [5.74, 6) is 0.667. The first-order valence-corrected chi connectivity index (χ1v) is 6.17. The normalized spacial score (nSPS) is 15.5. The van der Waals surface area contributed by atoms with Gasteiger partial charge in [-0.15, -0.1) is 0 Å². The molecule has 6 nitrogen and oxygen atoms in total. The van der Waals surface area contributed by atoms with E-state index in [4.69, 9.17) is 5.11 Å². The minimum absolute atomic E-state index is 0.0591. The molecule has 0 aliphatic carbocycles. The van der Waals surface area contributed by atoms with E-state index in [-0.39, 0.29) is 6.54 Å². The number of hydrogen-bond donors (Lipinski definition) is 1. The molecule has 18 heavy (non-hydrogen) atoms. The van der Waals surface area contributed by atoms with Crippen LogP contribution in [0.5, 0.6) is 0 Å². The van der Waals surface area contributed by atoms with Crippen LogP contribution in [0.2, 0.25) is 0 Å². The molecule has 1 aliphatic heterocycles. The predicted octanol–water partition coefficient (Wildman–Crippen LogP) is 0.988. The Labute approximate surface area is 106 Å². The minimum atomic E-state index is -0.865. The third-order valence-electron chi connectivity index (χ3n) is 3.08. The molecule has 1 fully saturated rings. The Balaban J connectivity index is 2.11. The van der Waals surface area contributed by atoms with E-state index in [1.165, 1.54) is 25.6 Å². The number of piperidine rings is 1. The van der Waals surface area contributed by atoms with Crippen LogP contribution in [-0.2, 0) is 4.79 Å². The lowest BCUT2D eigenvalue weighted by atomic mass is 10.1. The number of carboxylic acid groups (broad SMARTS) is 1. The van der Waals surface area contributed by atoms with Crippen LogP contribution >= 0.6 is 0 Å². The molecule has 1 aromatic heterocycles. The minimum Gasteiger partial charge on any atom is -0.480 e. The van der Waals surface area contributed by atoms with Crippen molar-refractivity contribution in [2.24, 2.45) is 0 Å². The SMILES string of the molecule is CN(CC(=O)O)c1cc(N2CCCCC2)ncn1. The fourth-order valence-corrected chi connectivity index (χ4v) is 2.13. The van der Waals surface area contributed by atoms with Crippen molar-refractivity contribution in [3.63, 3.8) is 0 Å². The molecular formula is C12H18N4O2. The van der Waals surface area contributed by atoms with Crippen molar-refractivity contribution in [1.82, 2.24) is 9.97 Å². The van der Waals surface area contributed by atoms with Gasteiger partial charge in [0.1, 0.15) is 24.5 Å². The number of nitrogens with zero attached hydrogens (tertiary/aromatic N) is 4. The van der Waals surface area contributed by atoms with Gasteiger partial charge in [-0.3, -0.25) is 4.79 Å². The fraction of sp³-hybridized carbons (Fsp3) is 0.583. The molecule has 1 aromatic rings. The number of aliphatic carboxylic acids is 1. The van der Waals surface area contributed by atoms with E-state index >= 15 is 0 Å². The smallest absolute Gasteiger partial charge is 0.323 e. The van der Waals surface area contributed by atoms with E-state index in [9.17, 15) is 4.79 Å². The van der Waals surface area contributed by atoms with Gasteiger partial charge >= 0.3 is 5.97 Å². The summed E-state index contributed by atoms with van der Waals surface area (Å²) in [4.78, 5) is 22.9. The zero-order valence-corrected chi connectivity index (χ0v) is 10.5. The van der Waals surface area contributed by atoms with E-state index in [0.29, 0.717) is 5.82 Å². The van der Waals surface area contributed by atoms with Gasteiger partial charge in [-0.25, -0.2) is 9.97 Å². The molecule has 0 amide bonds. The van der Waals surface area contributed by atoms with Crippen LogP contribution in [0, 0.1) is 0 Å². The summed E-state index contributed by atoms with van der Waals surface area (Å²) < 4.78 is 0. The predicted molar refractivity (Wildman–Crippen MR) is 69.0 cm³/mol. The van der Waals surface area contributed by atoms with Crippen molar-refractivity contribution in [3.8, 4) is 0 Å². The molecule has 2 heterocycles. The molecule has 2 rings (SSSR count). The topological polar surface area (TPSA) is 69.6 Å². The summed E-state index contributed by atoms with van der Waals surface area (Å²) in [5.41, 5.74) is 0. The van der Waals surface area contributed by atoms with Crippen molar-refractivity contribution in [2.45, 2.75) is 19.3 Å². The number of anilines is 2. The van der Waals surface area contributed by atoms with Gasteiger partial charge in [0.2, 0.25) is 0 Å². The molecule has 0 atom stereocenters. The second-order valence-electron chi connectivity index (χ2n) is 4.53. The van der Waals surface area contributed by atoms with E-state index in [1.54, 1.807) is 11.9 Å². The Morgan fingerprint density at radius 1 is 1.39 bits per heavy atom. The van der Waals surface area contributed by atoms with Gasteiger partial charge in [0.15, 0.2) is 0 Å². The number of rotatable bonds is 4. The number of likely N-dealkylation sites (N-methyl/N-ethyl adjacent to an activating group) is 1. The van der Waals surface area contributed by atoms with Crippen LogP contribution in [0.15, 0.2) is 12.4 Å². The molecule has 0 aromatic carbocycles. The maximum absolute atomic E-state index is 10.7. The number of carbonyl (C=O) groups is 1. The highest BCUT2D eigenvalue weighted by atomic mass is 16.4. The summed E-state index contributed by atoms with van der Waals surface area (Å²) in [5, 5.41) is 8.77. The van der Waals surface area contributed by atoms with Crippen LogP contribution in [0.25, 0.3) is 0 Å². The molecule has 1 saturated heterocycles. The highest BCUT2D eigenvalue weighted by Crippen LogP contribution is 2.20. The van der Waals surface area contributed by atoms with Gasteiger partial charge in [0, 0.05) is 26.2 Å². The third-order valence-corrected chi connectivity index (χ3v) is 3.08. The standard InChI is InChI=1S/C12H18N4O2/c1-15(8-12(17)18)10-7-11(14-9-13-10)16-5-3-2-4-6-16/h7,9H,2-6,8H2,1H3,(H,17,18). The van der Waals surface area contributed by atoms with E-state index in [1.807, 2.05) is 6.07 Å². The first-order chi connectivity index (χ1) is 8.66. The first kappa shape index (κ1) is 12.6. The maximum atomic E-state index is 10.7.